The summed E-state index contributed by atoms with van der Waals surface area (Å²) in [5.41, 5.74) is 0.627. The number of nitrogens with zero attached hydrogens (tertiary/aromatic N) is 2. The van der Waals surface area contributed by atoms with Gasteiger partial charge in [0.1, 0.15) is 5.76 Å². The number of para-hydroxylation sites is 1. The molecule has 3 rings (SSSR count). The van der Waals surface area contributed by atoms with Gasteiger partial charge in [-0.05, 0) is 19.1 Å². The lowest BCUT2D eigenvalue weighted by atomic mass is 10.1. The minimum Gasteiger partial charge on any atom is -0.360 e. The minimum atomic E-state index is -0.444. The summed E-state index contributed by atoms with van der Waals surface area (Å²) in [5.74, 6) is 0.142. The molecule has 1 aromatic heterocycles. The van der Waals surface area contributed by atoms with Crippen LogP contribution in [0.1, 0.15) is 12.2 Å². The molecule has 1 N–H and O–H groups in total. The molecule has 1 aliphatic heterocycles. The van der Waals surface area contributed by atoms with E-state index in [0.29, 0.717) is 28.8 Å². The highest BCUT2D eigenvalue weighted by atomic mass is 35.5. The third-order valence-corrected chi connectivity index (χ3v) is 3.84. The number of amides is 2. The zero-order chi connectivity index (χ0) is 15.7. The quantitative estimate of drug-likeness (QED) is 0.943. The van der Waals surface area contributed by atoms with E-state index in [-0.39, 0.29) is 18.2 Å². The SMILES string of the molecule is Cc1cc(NC(=O)[C@H]2CC(=O)N(c3ccccc3Cl)C2)no1. The molecule has 0 bridgehead atoms. The van der Waals surface area contributed by atoms with Gasteiger partial charge in [-0.15, -0.1) is 0 Å². The third kappa shape index (κ3) is 2.82. The maximum absolute atomic E-state index is 12.2. The van der Waals surface area contributed by atoms with E-state index in [1.807, 2.05) is 0 Å². The van der Waals surface area contributed by atoms with Gasteiger partial charge < -0.3 is 14.7 Å². The molecule has 7 heteroatoms. The van der Waals surface area contributed by atoms with Gasteiger partial charge in [0.25, 0.3) is 0 Å². The van der Waals surface area contributed by atoms with Crippen LogP contribution in [0.5, 0.6) is 0 Å². The summed E-state index contributed by atoms with van der Waals surface area (Å²) in [6, 6.07) is 8.71. The Balaban J connectivity index is 1.71. The summed E-state index contributed by atoms with van der Waals surface area (Å²) >= 11 is 6.11. The predicted molar refractivity (Wildman–Crippen MR) is 81.8 cm³/mol. The van der Waals surface area contributed by atoms with Gasteiger partial charge in [-0.25, -0.2) is 0 Å². The Morgan fingerprint density at radius 3 is 2.91 bits per heavy atom. The molecule has 0 unspecified atom stereocenters. The number of halogens is 1. The molecule has 1 saturated heterocycles. The molecular weight excluding hydrogens is 306 g/mol. The monoisotopic (exact) mass is 319 g/mol. The van der Waals surface area contributed by atoms with Gasteiger partial charge in [0.05, 0.1) is 16.6 Å². The first kappa shape index (κ1) is 14.6. The Morgan fingerprint density at radius 1 is 1.45 bits per heavy atom. The summed E-state index contributed by atoms with van der Waals surface area (Å²) < 4.78 is 4.90. The van der Waals surface area contributed by atoms with Crippen molar-refractivity contribution >= 4 is 34.9 Å². The van der Waals surface area contributed by atoms with E-state index in [1.54, 1.807) is 42.2 Å². The van der Waals surface area contributed by atoms with Crippen molar-refractivity contribution in [1.82, 2.24) is 5.16 Å². The summed E-state index contributed by atoms with van der Waals surface area (Å²) in [6.45, 7) is 2.03. The largest absolute Gasteiger partial charge is 0.360 e. The second-order valence-corrected chi connectivity index (χ2v) is 5.58. The number of carbonyl (C=O) groups excluding carboxylic acids is 2. The molecule has 0 spiro atoms. The maximum atomic E-state index is 12.2. The van der Waals surface area contributed by atoms with E-state index < -0.39 is 5.92 Å². The zero-order valence-electron chi connectivity index (χ0n) is 11.9. The van der Waals surface area contributed by atoms with Gasteiger partial charge in [-0.3, -0.25) is 9.59 Å². The fourth-order valence-corrected chi connectivity index (χ4v) is 2.68. The van der Waals surface area contributed by atoms with Crippen LogP contribution < -0.4 is 10.2 Å². The van der Waals surface area contributed by atoms with Gasteiger partial charge in [0, 0.05) is 19.0 Å². The van der Waals surface area contributed by atoms with Crippen molar-refractivity contribution in [2.75, 3.05) is 16.8 Å². The van der Waals surface area contributed by atoms with Crippen molar-refractivity contribution in [3.8, 4) is 0 Å². The number of anilines is 2. The first-order valence-corrected chi connectivity index (χ1v) is 7.21. The molecule has 1 aliphatic rings. The average molecular weight is 320 g/mol. The number of hydrogen-bond donors (Lipinski definition) is 1. The van der Waals surface area contributed by atoms with Crippen molar-refractivity contribution in [3.05, 3.63) is 41.1 Å². The van der Waals surface area contributed by atoms with Crippen LogP contribution in [0.25, 0.3) is 0 Å². The molecular formula is C15H14ClN3O3. The molecule has 2 heterocycles. The molecule has 0 saturated carbocycles. The Labute approximate surface area is 132 Å². The lowest BCUT2D eigenvalue weighted by Crippen LogP contribution is -2.28. The fraction of sp³-hybridized carbons (Fsp3) is 0.267. The molecule has 2 aromatic rings. The van der Waals surface area contributed by atoms with Crippen molar-refractivity contribution in [1.29, 1.82) is 0 Å². The first-order valence-electron chi connectivity index (χ1n) is 6.83. The molecule has 0 aliphatic carbocycles. The summed E-state index contributed by atoms with van der Waals surface area (Å²) in [7, 11) is 0. The third-order valence-electron chi connectivity index (χ3n) is 3.52. The second kappa shape index (κ2) is 5.81. The standard InChI is InChI=1S/C15H14ClN3O3/c1-9-6-13(18-22-9)17-15(21)10-7-14(20)19(8-10)12-5-3-2-4-11(12)16/h2-6,10H,7-8H2,1H3,(H,17,18,21)/t10-/m0/s1. The molecule has 1 atom stereocenters. The molecule has 0 radical (unpaired) electrons. The van der Waals surface area contributed by atoms with Gasteiger partial charge in [0.15, 0.2) is 5.82 Å². The van der Waals surface area contributed by atoms with Crippen molar-refractivity contribution < 1.29 is 14.1 Å². The van der Waals surface area contributed by atoms with Crippen LogP contribution >= 0.6 is 11.6 Å². The lowest BCUT2D eigenvalue weighted by molar-refractivity contribution is -0.122. The van der Waals surface area contributed by atoms with Gasteiger partial charge in [-0.2, -0.15) is 0 Å². The minimum absolute atomic E-state index is 0.121. The van der Waals surface area contributed by atoms with Crippen LogP contribution in [-0.4, -0.2) is 23.5 Å². The number of aryl methyl sites for hydroxylation is 1. The van der Waals surface area contributed by atoms with Gasteiger partial charge in [-0.1, -0.05) is 28.9 Å². The van der Waals surface area contributed by atoms with Crippen LogP contribution in [0.15, 0.2) is 34.9 Å². The van der Waals surface area contributed by atoms with Crippen LogP contribution in [0, 0.1) is 12.8 Å². The smallest absolute Gasteiger partial charge is 0.231 e. The lowest BCUT2D eigenvalue weighted by Gasteiger charge is -2.17. The predicted octanol–water partition coefficient (Wildman–Crippen LogP) is 2.63. The fourth-order valence-electron chi connectivity index (χ4n) is 2.44. The van der Waals surface area contributed by atoms with Crippen molar-refractivity contribution in [2.45, 2.75) is 13.3 Å². The van der Waals surface area contributed by atoms with E-state index in [4.69, 9.17) is 16.1 Å². The highest BCUT2D eigenvalue weighted by molar-refractivity contribution is 6.33. The number of hydrogen-bond acceptors (Lipinski definition) is 4. The van der Waals surface area contributed by atoms with Crippen LogP contribution in [0.4, 0.5) is 11.5 Å². The van der Waals surface area contributed by atoms with Crippen LogP contribution in [-0.2, 0) is 9.59 Å². The summed E-state index contributed by atoms with van der Waals surface area (Å²) in [6.07, 6.45) is 0.147. The van der Waals surface area contributed by atoms with Crippen LogP contribution in [0.2, 0.25) is 5.02 Å². The van der Waals surface area contributed by atoms with E-state index in [9.17, 15) is 9.59 Å². The average Bonchev–Trinajstić information content (AvgIpc) is 3.06. The second-order valence-electron chi connectivity index (χ2n) is 5.17. The molecule has 1 fully saturated rings. The summed E-state index contributed by atoms with van der Waals surface area (Å²) in [4.78, 5) is 25.9. The zero-order valence-corrected chi connectivity index (χ0v) is 12.6. The molecule has 2 amide bonds. The number of rotatable bonds is 3. The number of nitrogens with one attached hydrogen (secondary N) is 1. The first-order chi connectivity index (χ1) is 10.5. The van der Waals surface area contributed by atoms with Crippen LogP contribution in [0.3, 0.4) is 0 Å². The Morgan fingerprint density at radius 2 is 2.23 bits per heavy atom. The normalized spacial score (nSPS) is 17.8. The number of carbonyl (C=O) groups is 2. The molecule has 6 nitrogen and oxygen atoms in total. The highest BCUT2D eigenvalue weighted by Crippen LogP contribution is 2.31. The molecule has 114 valence electrons. The van der Waals surface area contributed by atoms with Crippen molar-refractivity contribution in [2.24, 2.45) is 5.92 Å². The highest BCUT2D eigenvalue weighted by Gasteiger charge is 2.36. The number of aromatic nitrogens is 1. The maximum Gasteiger partial charge on any atom is 0.231 e. The van der Waals surface area contributed by atoms with E-state index in [0.717, 1.165) is 0 Å². The topological polar surface area (TPSA) is 75.4 Å². The summed E-state index contributed by atoms with van der Waals surface area (Å²) in [5, 5.41) is 6.86. The van der Waals surface area contributed by atoms with E-state index in [1.165, 1.54) is 0 Å². The molecule has 22 heavy (non-hydrogen) atoms. The van der Waals surface area contributed by atoms with Crippen molar-refractivity contribution in [3.63, 3.8) is 0 Å². The van der Waals surface area contributed by atoms with Gasteiger partial charge in [0.2, 0.25) is 11.8 Å². The Hall–Kier alpha value is -2.34. The Bertz CT molecular complexity index is 728. The van der Waals surface area contributed by atoms with E-state index in [2.05, 4.69) is 10.5 Å². The van der Waals surface area contributed by atoms with Gasteiger partial charge >= 0.3 is 0 Å². The number of benzene rings is 1. The Kier molecular flexibility index (Phi) is 3.85. The molecule has 1 aromatic carbocycles. The van der Waals surface area contributed by atoms with E-state index >= 15 is 0 Å².